The van der Waals surface area contributed by atoms with E-state index in [9.17, 15) is 31.1 Å². The summed E-state index contributed by atoms with van der Waals surface area (Å²) >= 11 is -0.311. The minimum Gasteiger partial charge on any atom is -0.323 e. The minimum absolute atomic E-state index is 0.134. The van der Waals surface area contributed by atoms with E-state index >= 15 is 0 Å². The summed E-state index contributed by atoms with van der Waals surface area (Å²) in [6.07, 6.45) is 9.84. The third-order valence-corrected chi connectivity index (χ3v) is 6.20. The van der Waals surface area contributed by atoms with Crippen LogP contribution in [0.4, 0.5) is 32.0 Å². The van der Waals surface area contributed by atoms with E-state index in [2.05, 4.69) is 16.3 Å². The van der Waals surface area contributed by atoms with Crippen molar-refractivity contribution in [2.45, 2.75) is 82.4 Å². The van der Waals surface area contributed by atoms with Gasteiger partial charge in [0.05, 0.1) is 28.0 Å². The lowest BCUT2D eigenvalue weighted by Gasteiger charge is -2.15. The van der Waals surface area contributed by atoms with Crippen molar-refractivity contribution in [2.24, 2.45) is 0 Å². The standard InChI is InChI=1S/C23H27F6NO4S/c1-2-3-4-5-6-7-8-9-10-11-12-13(31)30-22-14-15(17(25)18(26)20(22)28)23(35-34-33-32)21(29)19(27)16(14)24/h32H,2-12H2,1H3,(H,30,31). The highest BCUT2D eigenvalue weighted by atomic mass is 32.2. The third-order valence-electron chi connectivity index (χ3n) is 5.53. The van der Waals surface area contributed by atoms with Gasteiger partial charge in [0.25, 0.3) is 0 Å². The van der Waals surface area contributed by atoms with Gasteiger partial charge in [-0.15, -0.1) is 4.33 Å². The maximum Gasteiger partial charge on any atom is 0.224 e. The lowest BCUT2D eigenvalue weighted by molar-refractivity contribution is -0.432. The summed E-state index contributed by atoms with van der Waals surface area (Å²) in [5.41, 5.74) is -1.18. The molecule has 2 rings (SSSR count). The first kappa shape index (κ1) is 29.2. The number of nitrogens with one attached hydrogen (secondary N) is 1. The van der Waals surface area contributed by atoms with Crippen molar-refractivity contribution < 1.29 is 45.8 Å². The van der Waals surface area contributed by atoms with Gasteiger partial charge in [-0.05, 0) is 6.42 Å². The van der Waals surface area contributed by atoms with Gasteiger partial charge in [-0.2, -0.15) is 0 Å². The Morgan fingerprint density at radius 2 is 1.26 bits per heavy atom. The first-order valence-electron chi connectivity index (χ1n) is 11.4. The second kappa shape index (κ2) is 14.5. The molecular formula is C23H27F6NO4S. The minimum atomic E-state index is -2.16. The van der Waals surface area contributed by atoms with Crippen LogP contribution in [0, 0.1) is 34.9 Å². The Balaban J connectivity index is 2.12. The van der Waals surface area contributed by atoms with Crippen LogP contribution in [-0.4, -0.2) is 11.2 Å². The van der Waals surface area contributed by atoms with Crippen molar-refractivity contribution >= 4 is 34.4 Å². The molecule has 0 aliphatic carbocycles. The molecule has 0 atom stereocenters. The second-order valence-electron chi connectivity index (χ2n) is 8.04. The summed E-state index contributed by atoms with van der Waals surface area (Å²) in [4.78, 5) is 11.1. The highest BCUT2D eigenvalue weighted by Gasteiger charge is 2.31. The first-order valence-corrected chi connectivity index (χ1v) is 12.1. The molecule has 0 unspecified atom stereocenters. The number of carbonyl (C=O) groups excluding carboxylic acids is 1. The van der Waals surface area contributed by atoms with E-state index in [-0.39, 0.29) is 18.5 Å². The fourth-order valence-electron chi connectivity index (χ4n) is 3.73. The molecule has 2 aromatic carbocycles. The molecule has 0 spiro atoms. The molecule has 2 N–H and O–H groups in total. The summed E-state index contributed by atoms with van der Waals surface area (Å²) in [5, 5.41) is 10.9. The van der Waals surface area contributed by atoms with Crippen molar-refractivity contribution in [3.05, 3.63) is 34.9 Å². The fourth-order valence-corrected chi connectivity index (χ4v) is 4.26. The highest BCUT2D eigenvalue weighted by molar-refractivity contribution is 7.94. The molecule has 0 aliphatic rings. The monoisotopic (exact) mass is 527 g/mol. The van der Waals surface area contributed by atoms with E-state index in [4.69, 9.17) is 5.26 Å². The van der Waals surface area contributed by atoms with Gasteiger partial charge < -0.3 is 5.32 Å². The van der Waals surface area contributed by atoms with Crippen LogP contribution >= 0.6 is 12.0 Å². The van der Waals surface area contributed by atoms with Crippen molar-refractivity contribution in [1.82, 2.24) is 0 Å². The van der Waals surface area contributed by atoms with Crippen LogP contribution in [0.25, 0.3) is 10.8 Å². The van der Waals surface area contributed by atoms with Gasteiger partial charge in [-0.1, -0.05) is 69.7 Å². The van der Waals surface area contributed by atoms with Gasteiger partial charge in [0, 0.05) is 11.8 Å². The molecule has 0 radical (unpaired) electrons. The smallest absolute Gasteiger partial charge is 0.224 e. The van der Waals surface area contributed by atoms with E-state index in [0.717, 1.165) is 25.7 Å². The van der Waals surface area contributed by atoms with Gasteiger partial charge >= 0.3 is 0 Å². The molecule has 196 valence electrons. The van der Waals surface area contributed by atoms with Crippen LogP contribution < -0.4 is 5.32 Å². The fraction of sp³-hybridized carbons (Fsp3) is 0.522. The maximum absolute atomic E-state index is 14.5. The Hall–Kier alpha value is -2.02. The highest BCUT2D eigenvalue weighted by Crippen LogP contribution is 2.42. The van der Waals surface area contributed by atoms with E-state index in [0.29, 0.717) is 12.8 Å². The van der Waals surface area contributed by atoms with Crippen molar-refractivity contribution in [2.75, 3.05) is 5.32 Å². The van der Waals surface area contributed by atoms with Crippen molar-refractivity contribution in [3.8, 4) is 0 Å². The summed E-state index contributed by atoms with van der Waals surface area (Å²) < 4.78 is 89.8. The number of carbonyl (C=O) groups is 1. The number of hydrogen-bond donors (Lipinski definition) is 2. The molecule has 0 aromatic heterocycles. The average Bonchev–Trinajstić information content (AvgIpc) is 2.84. The van der Waals surface area contributed by atoms with Crippen LogP contribution in [-0.2, 0) is 14.2 Å². The lowest BCUT2D eigenvalue weighted by Crippen LogP contribution is -2.15. The number of benzene rings is 2. The molecule has 0 heterocycles. The number of hydrogen-bond acceptors (Lipinski definition) is 5. The van der Waals surface area contributed by atoms with Crippen LogP contribution in [0.15, 0.2) is 4.90 Å². The zero-order valence-electron chi connectivity index (χ0n) is 19.1. The number of halogens is 6. The molecule has 0 saturated heterocycles. The van der Waals surface area contributed by atoms with Crippen molar-refractivity contribution in [3.63, 3.8) is 0 Å². The molecule has 2 aromatic rings. The van der Waals surface area contributed by atoms with E-state index in [1.807, 2.05) is 5.32 Å². The molecule has 0 bridgehead atoms. The maximum atomic E-state index is 14.5. The molecule has 35 heavy (non-hydrogen) atoms. The normalized spacial score (nSPS) is 11.4. The largest absolute Gasteiger partial charge is 0.323 e. The Labute approximate surface area is 203 Å². The zero-order chi connectivity index (χ0) is 26.0. The number of fused-ring (bicyclic) bond motifs is 1. The quantitative estimate of drug-likeness (QED) is 0.0608. The molecule has 0 saturated carbocycles. The number of rotatable bonds is 15. The predicted molar refractivity (Wildman–Crippen MR) is 119 cm³/mol. The Morgan fingerprint density at radius 1 is 0.743 bits per heavy atom. The molecular weight excluding hydrogens is 500 g/mol. The topological polar surface area (TPSA) is 67.8 Å². The van der Waals surface area contributed by atoms with E-state index in [1.54, 1.807) is 0 Å². The average molecular weight is 528 g/mol. The number of anilines is 1. The Morgan fingerprint density at radius 3 is 1.83 bits per heavy atom. The first-order chi connectivity index (χ1) is 16.8. The molecule has 12 heteroatoms. The van der Waals surface area contributed by atoms with Crippen LogP contribution in [0.2, 0.25) is 0 Å². The summed E-state index contributed by atoms with van der Waals surface area (Å²) in [5.74, 6) is -13.2. The number of amides is 1. The Bertz CT molecular complexity index is 1020. The predicted octanol–water partition coefficient (Wildman–Crippen LogP) is 8.35. The molecule has 0 fully saturated rings. The Kier molecular flexibility index (Phi) is 12.1. The van der Waals surface area contributed by atoms with Gasteiger partial charge in [0.15, 0.2) is 34.9 Å². The zero-order valence-corrected chi connectivity index (χ0v) is 19.9. The SMILES string of the molecule is CCCCCCCCCCCCC(=O)Nc1c(F)c(F)c(F)c2c(SOOO)c(F)c(F)c(F)c12. The molecule has 0 aliphatic heterocycles. The van der Waals surface area contributed by atoms with Crippen LogP contribution in [0.1, 0.15) is 77.6 Å². The van der Waals surface area contributed by atoms with Gasteiger partial charge in [0.1, 0.15) is 0 Å². The van der Waals surface area contributed by atoms with Crippen LogP contribution in [0.5, 0.6) is 0 Å². The van der Waals surface area contributed by atoms with Crippen LogP contribution in [0.3, 0.4) is 0 Å². The lowest BCUT2D eigenvalue weighted by atomic mass is 10.0. The summed E-state index contributed by atoms with van der Waals surface area (Å²) in [6, 6.07) is 0. The number of unbranched alkanes of at least 4 members (excludes halogenated alkanes) is 9. The second-order valence-corrected chi connectivity index (χ2v) is 8.76. The van der Waals surface area contributed by atoms with Gasteiger partial charge in [-0.25, -0.2) is 31.6 Å². The van der Waals surface area contributed by atoms with E-state index in [1.165, 1.54) is 25.7 Å². The van der Waals surface area contributed by atoms with Gasteiger partial charge in [0.2, 0.25) is 5.91 Å². The van der Waals surface area contributed by atoms with E-state index < -0.39 is 62.2 Å². The van der Waals surface area contributed by atoms with Crippen molar-refractivity contribution in [1.29, 1.82) is 0 Å². The summed E-state index contributed by atoms with van der Waals surface area (Å²) in [6.45, 7) is 2.15. The molecule has 5 nitrogen and oxygen atoms in total. The molecule has 1 amide bonds. The van der Waals surface area contributed by atoms with Gasteiger partial charge in [-0.3, -0.25) is 4.79 Å². The third kappa shape index (κ3) is 7.48. The summed E-state index contributed by atoms with van der Waals surface area (Å²) in [7, 11) is 0.